The summed E-state index contributed by atoms with van der Waals surface area (Å²) in [7, 11) is 0. The highest BCUT2D eigenvalue weighted by Crippen LogP contribution is 2.28. The van der Waals surface area contributed by atoms with E-state index in [0.29, 0.717) is 0 Å². The van der Waals surface area contributed by atoms with Gasteiger partial charge in [-0.3, -0.25) is 4.40 Å². The molecule has 3 heterocycles. The number of aliphatic hydroxyl groups is 1. The van der Waals surface area contributed by atoms with Crippen molar-refractivity contribution < 1.29 is 5.11 Å². The third-order valence-corrected chi connectivity index (χ3v) is 4.60. The summed E-state index contributed by atoms with van der Waals surface area (Å²) in [6.07, 6.45) is 8.39. The van der Waals surface area contributed by atoms with Crippen molar-refractivity contribution in [3.63, 3.8) is 0 Å². The summed E-state index contributed by atoms with van der Waals surface area (Å²) < 4.78 is 2.00. The molecule has 1 fully saturated rings. The quantitative estimate of drug-likeness (QED) is 0.938. The van der Waals surface area contributed by atoms with E-state index < -0.39 is 0 Å². The van der Waals surface area contributed by atoms with Crippen LogP contribution in [0.1, 0.15) is 44.7 Å². The molecule has 114 valence electrons. The largest absolute Gasteiger partial charge is 0.390 e. The fraction of sp³-hybridized carbons (Fsp3) is 0.588. The average molecular weight is 287 g/mol. The number of pyridine rings is 1. The van der Waals surface area contributed by atoms with Crippen LogP contribution in [0.5, 0.6) is 0 Å². The van der Waals surface area contributed by atoms with Crippen molar-refractivity contribution in [3.05, 3.63) is 30.1 Å². The second-order valence-electron chi connectivity index (χ2n) is 6.04. The molecule has 2 aromatic heterocycles. The molecule has 1 aliphatic heterocycles. The highest BCUT2D eigenvalue weighted by molar-refractivity contribution is 5.55. The third kappa shape index (κ3) is 2.91. The van der Waals surface area contributed by atoms with Crippen LogP contribution in [0, 0.1) is 5.92 Å². The Bertz CT molecular complexity index is 593. The first-order chi connectivity index (χ1) is 10.3. The van der Waals surface area contributed by atoms with E-state index >= 15 is 0 Å². The van der Waals surface area contributed by atoms with Crippen LogP contribution < -0.4 is 4.90 Å². The van der Waals surface area contributed by atoms with Crippen LogP contribution in [0.2, 0.25) is 0 Å². The van der Waals surface area contributed by atoms with Gasteiger partial charge in [-0.15, -0.1) is 0 Å². The number of imidazole rings is 1. The van der Waals surface area contributed by atoms with E-state index in [4.69, 9.17) is 4.98 Å². The lowest BCUT2D eigenvalue weighted by Crippen LogP contribution is -2.25. The molecule has 0 bridgehead atoms. The number of fused-ring (bicyclic) bond motifs is 1. The first-order valence-electron chi connectivity index (χ1n) is 8.15. The Morgan fingerprint density at radius 1 is 1.29 bits per heavy atom. The lowest BCUT2D eigenvalue weighted by molar-refractivity contribution is 0.276. The van der Waals surface area contributed by atoms with Crippen LogP contribution >= 0.6 is 0 Å². The Morgan fingerprint density at radius 2 is 2.19 bits per heavy atom. The molecule has 1 aliphatic rings. The van der Waals surface area contributed by atoms with Crippen molar-refractivity contribution in [1.82, 2.24) is 9.38 Å². The van der Waals surface area contributed by atoms with E-state index in [-0.39, 0.29) is 6.61 Å². The van der Waals surface area contributed by atoms with Gasteiger partial charge in [0.15, 0.2) is 5.82 Å². The van der Waals surface area contributed by atoms with Crippen LogP contribution in [-0.4, -0.2) is 27.6 Å². The predicted molar refractivity (Wildman–Crippen MR) is 85.6 cm³/mol. The van der Waals surface area contributed by atoms with Crippen LogP contribution in [0.4, 0.5) is 5.82 Å². The number of anilines is 1. The predicted octanol–water partition coefficient (Wildman–Crippen LogP) is 3.23. The molecule has 1 saturated heterocycles. The van der Waals surface area contributed by atoms with E-state index in [2.05, 4.69) is 11.8 Å². The molecular formula is C17H25N3O. The normalized spacial score (nSPS) is 19.9. The minimum atomic E-state index is 0.0371. The van der Waals surface area contributed by atoms with Crippen molar-refractivity contribution in [3.8, 4) is 0 Å². The summed E-state index contributed by atoms with van der Waals surface area (Å²) in [6.45, 7) is 4.42. The summed E-state index contributed by atoms with van der Waals surface area (Å²) in [6, 6.07) is 5.98. The van der Waals surface area contributed by atoms with Gasteiger partial charge in [0.05, 0.1) is 12.3 Å². The van der Waals surface area contributed by atoms with Crippen LogP contribution in [0.3, 0.4) is 0 Å². The molecule has 0 amide bonds. The molecule has 1 unspecified atom stereocenters. The molecule has 2 aromatic rings. The summed E-state index contributed by atoms with van der Waals surface area (Å²) in [5, 5.41) is 9.76. The fourth-order valence-corrected chi connectivity index (χ4v) is 3.51. The first kappa shape index (κ1) is 14.4. The Hall–Kier alpha value is -1.55. The number of hydrogen-bond acceptors (Lipinski definition) is 3. The van der Waals surface area contributed by atoms with Gasteiger partial charge in [-0.05, 0) is 37.3 Å². The van der Waals surface area contributed by atoms with E-state index in [9.17, 15) is 5.11 Å². The molecule has 0 spiro atoms. The van der Waals surface area contributed by atoms with Gasteiger partial charge in [-0.2, -0.15) is 0 Å². The molecule has 0 aromatic carbocycles. The Morgan fingerprint density at radius 3 is 3.00 bits per heavy atom. The van der Waals surface area contributed by atoms with Gasteiger partial charge in [0.2, 0.25) is 0 Å². The molecule has 4 nitrogen and oxygen atoms in total. The first-order valence-corrected chi connectivity index (χ1v) is 8.15. The summed E-state index contributed by atoms with van der Waals surface area (Å²) in [4.78, 5) is 7.12. The van der Waals surface area contributed by atoms with Gasteiger partial charge in [0, 0.05) is 19.3 Å². The second-order valence-corrected chi connectivity index (χ2v) is 6.04. The third-order valence-electron chi connectivity index (χ3n) is 4.60. The highest BCUT2D eigenvalue weighted by Gasteiger charge is 2.21. The van der Waals surface area contributed by atoms with E-state index in [1.807, 2.05) is 28.8 Å². The maximum absolute atomic E-state index is 9.76. The molecule has 1 atom stereocenters. The smallest absolute Gasteiger partial charge is 0.153 e. The highest BCUT2D eigenvalue weighted by atomic mass is 16.3. The standard InChI is InChI=1S/C17H25N3O/c1-2-6-14-7-5-10-19(12-9-14)17-15(13-21)20-11-4-3-8-16(20)18-17/h3-4,8,11,14,21H,2,5-7,9-10,12-13H2,1H3. The molecule has 0 saturated carbocycles. The lowest BCUT2D eigenvalue weighted by atomic mass is 9.96. The Labute approximate surface area is 126 Å². The van der Waals surface area contributed by atoms with Gasteiger partial charge < -0.3 is 10.0 Å². The van der Waals surface area contributed by atoms with Gasteiger partial charge in [-0.25, -0.2) is 4.98 Å². The van der Waals surface area contributed by atoms with Crippen molar-refractivity contribution in [2.45, 2.75) is 45.6 Å². The molecule has 1 N–H and O–H groups in total. The number of nitrogens with zero attached hydrogens (tertiary/aromatic N) is 3. The topological polar surface area (TPSA) is 40.8 Å². The van der Waals surface area contributed by atoms with Crippen molar-refractivity contribution in [2.75, 3.05) is 18.0 Å². The van der Waals surface area contributed by atoms with Gasteiger partial charge in [-0.1, -0.05) is 25.8 Å². The second kappa shape index (κ2) is 6.48. The van der Waals surface area contributed by atoms with E-state index in [1.165, 1.54) is 32.1 Å². The Balaban J connectivity index is 1.86. The van der Waals surface area contributed by atoms with Gasteiger partial charge >= 0.3 is 0 Å². The summed E-state index contributed by atoms with van der Waals surface area (Å²) in [5.41, 5.74) is 1.84. The number of rotatable bonds is 4. The zero-order valence-corrected chi connectivity index (χ0v) is 12.8. The van der Waals surface area contributed by atoms with E-state index in [1.54, 1.807) is 0 Å². The zero-order valence-electron chi connectivity index (χ0n) is 12.8. The number of aliphatic hydroxyl groups excluding tert-OH is 1. The summed E-state index contributed by atoms with van der Waals surface area (Å²) >= 11 is 0. The van der Waals surface area contributed by atoms with Crippen molar-refractivity contribution in [1.29, 1.82) is 0 Å². The Kier molecular flexibility index (Phi) is 4.44. The average Bonchev–Trinajstić information content (AvgIpc) is 2.72. The van der Waals surface area contributed by atoms with Gasteiger partial charge in [0.25, 0.3) is 0 Å². The lowest BCUT2D eigenvalue weighted by Gasteiger charge is -2.21. The van der Waals surface area contributed by atoms with Crippen molar-refractivity contribution in [2.24, 2.45) is 5.92 Å². The minimum absolute atomic E-state index is 0.0371. The number of aromatic nitrogens is 2. The molecule has 0 radical (unpaired) electrons. The maximum atomic E-state index is 9.76. The molecule has 0 aliphatic carbocycles. The molecule has 3 rings (SSSR count). The minimum Gasteiger partial charge on any atom is -0.390 e. The van der Waals surface area contributed by atoms with Crippen LogP contribution in [0.25, 0.3) is 5.65 Å². The van der Waals surface area contributed by atoms with Crippen LogP contribution in [-0.2, 0) is 6.61 Å². The van der Waals surface area contributed by atoms with Gasteiger partial charge in [0.1, 0.15) is 5.65 Å². The molecular weight excluding hydrogens is 262 g/mol. The van der Waals surface area contributed by atoms with Crippen LogP contribution in [0.15, 0.2) is 24.4 Å². The maximum Gasteiger partial charge on any atom is 0.153 e. The zero-order chi connectivity index (χ0) is 14.7. The van der Waals surface area contributed by atoms with E-state index in [0.717, 1.165) is 36.2 Å². The molecule has 4 heteroatoms. The fourth-order valence-electron chi connectivity index (χ4n) is 3.51. The monoisotopic (exact) mass is 287 g/mol. The van der Waals surface area contributed by atoms with Crippen molar-refractivity contribution >= 4 is 11.5 Å². The SMILES string of the molecule is CCCC1CCCN(c2nc3ccccn3c2CO)CC1. The molecule has 21 heavy (non-hydrogen) atoms. The summed E-state index contributed by atoms with van der Waals surface area (Å²) in [5.74, 6) is 1.83. The number of hydrogen-bond donors (Lipinski definition) is 1.